The van der Waals surface area contributed by atoms with Crippen molar-refractivity contribution in [2.45, 2.75) is 20.3 Å². The van der Waals surface area contributed by atoms with E-state index in [1.807, 2.05) is 19.1 Å². The number of carbonyl (C=O) groups excluding carboxylic acids is 1. The number of aryl methyl sites for hydroxylation is 2. The van der Waals surface area contributed by atoms with E-state index in [2.05, 4.69) is 34.3 Å². The van der Waals surface area contributed by atoms with Crippen LogP contribution in [0, 0.1) is 13.8 Å². The second-order valence-electron chi connectivity index (χ2n) is 5.91. The number of fused-ring (bicyclic) bond motifs is 1. The van der Waals surface area contributed by atoms with E-state index in [9.17, 15) is 4.79 Å². The van der Waals surface area contributed by atoms with Crippen molar-refractivity contribution >= 4 is 16.9 Å². The van der Waals surface area contributed by atoms with E-state index >= 15 is 0 Å². The highest BCUT2D eigenvalue weighted by Gasteiger charge is 2.10. The first-order valence-corrected chi connectivity index (χ1v) is 7.94. The van der Waals surface area contributed by atoms with Crippen LogP contribution in [0.2, 0.25) is 0 Å². The Labute approximate surface area is 141 Å². The third-order valence-corrected chi connectivity index (χ3v) is 4.06. The van der Waals surface area contributed by atoms with Gasteiger partial charge in [0.2, 0.25) is 0 Å². The van der Waals surface area contributed by atoms with Gasteiger partial charge in [0.1, 0.15) is 5.75 Å². The molecule has 0 bridgehead atoms. The number of ether oxygens (including phenoxy) is 1. The van der Waals surface area contributed by atoms with Crippen LogP contribution in [-0.2, 0) is 6.42 Å². The Morgan fingerprint density at radius 3 is 2.88 bits per heavy atom. The lowest BCUT2D eigenvalue weighted by molar-refractivity contribution is 0.0954. The number of rotatable bonds is 5. The van der Waals surface area contributed by atoms with E-state index in [0.717, 1.165) is 34.3 Å². The van der Waals surface area contributed by atoms with Crippen LogP contribution in [0.15, 0.2) is 36.7 Å². The van der Waals surface area contributed by atoms with E-state index < -0.39 is 0 Å². The van der Waals surface area contributed by atoms with Crippen LogP contribution in [0.25, 0.3) is 11.0 Å². The molecule has 1 heterocycles. The van der Waals surface area contributed by atoms with Gasteiger partial charge in [0.05, 0.1) is 24.5 Å². The van der Waals surface area contributed by atoms with Crippen molar-refractivity contribution in [3.8, 4) is 5.75 Å². The van der Waals surface area contributed by atoms with Gasteiger partial charge < -0.3 is 15.0 Å². The van der Waals surface area contributed by atoms with Gasteiger partial charge in [-0.25, -0.2) is 4.98 Å². The minimum atomic E-state index is -0.0881. The van der Waals surface area contributed by atoms with Gasteiger partial charge >= 0.3 is 0 Å². The molecule has 0 radical (unpaired) electrons. The molecule has 1 aromatic heterocycles. The number of hydrogen-bond donors (Lipinski definition) is 2. The Bertz CT molecular complexity index is 883. The lowest BCUT2D eigenvalue weighted by atomic mass is 10.0. The van der Waals surface area contributed by atoms with Gasteiger partial charge in [-0.05, 0) is 49.6 Å². The monoisotopic (exact) mass is 323 g/mol. The molecular formula is C19H21N3O2. The summed E-state index contributed by atoms with van der Waals surface area (Å²) in [4.78, 5) is 19.5. The molecule has 0 aliphatic rings. The predicted octanol–water partition coefficient (Wildman–Crippen LogP) is 3.16. The summed E-state index contributed by atoms with van der Waals surface area (Å²) in [5.74, 6) is 0.809. The molecule has 2 aromatic carbocycles. The lowest BCUT2D eigenvalue weighted by Crippen LogP contribution is -2.25. The van der Waals surface area contributed by atoms with E-state index in [1.54, 1.807) is 19.5 Å². The van der Waals surface area contributed by atoms with Gasteiger partial charge in [0, 0.05) is 12.1 Å². The standard InChI is InChI=1S/C19H21N3O2/c1-12-8-13(2)18(24-3)14(9-12)6-7-20-19(23)15-4-5-16-17(10-15)22-11-21-16/h4-5,8-11H,6-7H2,1-3H3,(H,20,23)(H,21,22). The molecule has 124 valence electrons. The van der Waals surface area contributed by atoms with Crippen LogP contribution >= 0.6 is 0 Å². The average Bonchev–Trinajstić information content (AvgIpc) is 3.02. The summed E-state index contributed by atoms with van der Waals surface area (Å²) in [6.45, 7) is 4.65. The fourth-order valence-electron chi connectivity index (χ4n) is 3.01. The fraction of sp³-hybridized carbons (Fsp3) is 0.263. The van der Waals surface area contributed by atoms with Crippen molar-refractivity contribution in [1.82, 2.24) is 15.3 Å². The van der Waals surface area contributed by atoms with Crippen molar-refractivity contribution in [2.75, 3.05) is 13.7 Å². The number of hydrogen-bond acceptors (Lipinski definition) is 3. The maximum Gasteiger partial charge on any atom is 0.251 e. The molecule has 5 heteroatoms. The Hall–Kier alpha value is -2.82. The van der Waals surface area contributed by atoms with Crippen molar-refractivity contribution in [3.63, 3.8) is 0 Å². The van der Waals surface area contributed by atoms with Crippen LogP contribution in [0.4, 0.5) is 0 Å². The Balaban J connectivity index is 1.67. The van der Waals surface area contributed by atoms with Gasteiger partial charge in [-0.3, -0.25) is 4.79 Å². The second-order valence-corrected chi connectivity index (χ2v) is 5.91. The predicted molar refractivity (Wildman–Crippen MR) is 94.6 cm³/mol. The maximum absolute atomic E-state index is 12.3. The smallest absolute Gasteiger partial charge is 0.251 e. The van der Waals surface area contributed by atoms with Crippen LogP contribution < -0.4 is 10.1 Å². The number of carbonyl (C=O) groups is 1. The summed E-state index contributed by atoms with van der Waals surface area (Å²) < 4.78 is 5.49. The fourth-order valence-corrected chi connectivity index (χ4v) is 3.01. The van der Waals surface area contributed by atoms with Crippen molar-refractivity contribution in [3.05, 3.63) is 58.9 Å². The van der Waals surface area contributed by atoms with E-state index in [4.69, 9.17) is 4.74 Å². The second kappa shape index (κ2) is 6.74. The zero-order valence-corrected chi connectivity index (χ0v) is 14.1. The number of aromatic nitrogens is 2. The molecule has 3 rings (SSSR count). The molecule has 3 aromatic rings. The highest BCUT2D eigenvalue weighted by Crippen LogP contribution is 2.25. The molecule has 0 spiro atoms. The van der Waals surface area contributed by atoms with Crippen molar-refractivity contribution in [2.24, 2.45) is 0 Å². The van der Waals surface area contributed by atoms with Gasteiger partial charge in [-0.1, -0.05) is 17.7 Å². The molecule has 0 saturated carbocycles. The summed E-state index contributed by atoms with van der Waals surface area (Å²) in [5.41, 5.74) is 5.76. The first-order chi connectivity index (χ1) is 11.6. The summed E-state index contributed by atoms with van der Waals surface area (Å²) >= 11 is 0. The van der Waals surface area contributed by atoms with Crippen LogP contribution in [0.3, 0.4) is 0 Å². The third-order valence-electron chi connectivity index (χ3n) is 4.06. The number of amides is 1. The highest BCUT2D eigenvalue weighted by atomic mass is 16.5. The van der Waals surface area contributed by atoms with Gasteiger partial charge in [-0.15, -0.1) is 0 Å². The Morgan fingerprint density at radius 1 is 1.25 bits per heavy atom. The number of aromatic amines is 1. The van der Waals surface area contributed by atoms with Crippen molar-refractivity contribution in [1.29, 1.82) is 0 Å². The SMILES string of the molecule is COc1c(C)cc(C)cc1CCNC(=O)c1ccc2nc[nH]c2c1. The summed E-state index contributed by atoms with van der Waals surface area (Å²) in [6.07, 6.45) is 2.35. The number of H-pyrrole nitrogens is 1. The van der Waals surface area contributed by atoms with E-state index in [-0.39, 0.29) is 5.91 Å². The molecule has 0 aliphatic carbocycles. The average molecular weight is 323 g/mol. The molecule has 0 atom stereocenters. The number of nitrogens with one attached hydrogen (secondary N) is 2. The molecule has 5 nitrogen and oxygen atoms in total. The molecule has 0 fully saturated rings. The molecule has 2 N–H and O–H groups in total. The molecular weight excluding hydrogens is 302 g/mol. The summed E-state index contributed by atoms with van der Waals surface area (Å²) in [5, 5.41) is 2.97. The van der Waals surface area contributed by atoms with Crippen LogP contribution in [0.5, 0.6) is 5.75 Å². The first-order valence-electron chi connectivity index (χ1n) is 7.94. The van der Waals surface area contributed by atoms with Gasteiger partial charge in [-0.2, -0.15) is 0 Å². The third kappa shape index (κ3) is 3.25. The summed E-state index contributed by atoms with van der Waals surface area (Å²) in [7, 11) is 1.68. The normalized spacial score (nSPS) is 10.8. The molecule has 0 unspecified atom stereocenters. The quantitative estimate of drug-likeness (QED) is 0.758. The minimum Gasteiger partial charge on any atom is -0.496 e. The number of imidazole rings is 1. The Morgan fingerprint density at radius 2 is 2.08 bits per heavy atom. The van der Waals surface area contributed by atoms with E-state index in [1.165, 1.54) is 5.56 Å². The molecule has 1 amide bonds. The van der Waals surface area contributed by atoms with Gasteiger partial charge in [0.15, 0.2) is 0 Å². The topological polar surface area (TPSA) is 67.0 Å². The first kappa shape index (κ1) is 16.1. The van der Waals surface area contributed by atoms with Crippen LogP contribution in [0.1, 0.15) is 27.0 Å². The molecule has 24 heavy (non-hydrogen) atoms. The van der Waals surface area contributed by atoms with Crippen LogP contribution in [-0.4, -0.2) is 29.5 Å². The highest BCUT2D eigenvalue weighted by molar-refractivity contribution is 5.97. The lowest BCUT2D eigenvalue weighted by Gasteiger charge is -2.13. The zero-order valence-electron chi connectivity index (χ0n) is 14.1. The zero-order chi connectivity index (χ0) is 17.1. The molecule has 0 aliphatic heterocycles. The minimum absolute atomic E-state index is 0.0881. The molecule has 0 saturated heterocycles. The van der Waals surface area contributed by atoms with Gasteiger partial charge in [0.25, 0.3) is 5.91 Å². The Kier molecular flexibility index (Phi) is 4.51. The van der Waals surface area contributed by atoms with E-state index in [0.29, 0.717) is 12.1 Å². The number of benzene rings is 2. The summed E-state index contributed by atoms with van der Waals surface area (Å²) in [6, 6.07) is 9.65. The largest absolute Gasteiger partial charge is 0.496 e. The number of methoxy groups -OCH3 is 1. The van der Waals surface area contributed by atoms with Crippen molar-refractivity contribution < 1.29 is 9.53 Å². The maximum atomic E-state index is 12.3. The number of nitrogens with zero attached hydrogens (tertiary/aromatic N) is 1.